The third-order valence-corrected chi connectivity index (χ3v) is 1.36. The Kier molecular flexibility index (Phi) is 5.70. The van der Waals surface area contributed by atoms with Crippen molar-refractivity contribution in [3.8, 4) is 0 Å². The van der Waals surface area contributed by atoms with Crippen molar-refractivity contribution >= 4 is 5.97 Å². The van der Waals surface area contributed by atoms with Crippen molar-refractivity contribution in [3.63, 3.8) is 0 Å². The van der Waals surface area contributed by atoms with Crippen LogP contribution in [0, 0.1) is 0 Å². The highest BCUT2D eigenvalue weighted by atomic mass is 16.4. The number of allylic oxidation sites excluding steroid dienone is 4. The normalized spacial score (nSPS) is 10.0. The average Bonchev–Trinajstić information content (AvgIpc) is 2.00. The molecule has 0 heterocycles. The number of hydrogen-bond acceptors (Lipinski definition) is 1. The lowest BCUT2D eigenvalue weighted by Crippen LogP contribution is -1.93. The molecule has 0 amide bonds. The Morgan fingerprint density at radius 1 is 1.42 bits per heavy atom. The van der Waals surface area contributed by atoms with Gasteiger partial charge in [0.15, 0.2) is 0 Å². The van der Waals surface area contributed by atoms with Crippen LogP contribution in [0.4, 0.5) is 0 Å². The molecule has 2 heteroatoms. The van der Waals surface area contributed by atoms with Gasteiger partial charge in [0.25, 0.3) is 0 Å². The summed E-state index contributed by atoms with van der Waals surface area (Å²) in [5.41, 5.74) is 0.941. The highest BCUT2D eigenvalue weighted by Gasteiger charge is 1.96. The van der Waals surface area contributed by atoms with Gasteiger partial charge in [-0.1, -0.05) is 37.0 Å². The van der Waals surface area contributed by atoms with Gasteiger partial charge in [0.2, 0.25) is 0 Å². The minimum absolute atomic E-state index is 0.209. The molecule has 2 nitrogen and oxygen atoms in total. The third-order valence-electron chi connectivity index (χ3n) is 1.36. The van der Waals surface area contributed by atoms with Crippen LogP contribution in [0.15, 0.2) is 37.0 Å². The molecule has 66 valence electrons. The molecule has 1 N–H and O–H groups in total. The summed E-state index contributed by atoms with van der Waals surface area (Å²) in [7, 11) is 0. The van der Waals surface area contributed by atoms with Gasteiger partial charge in [-0.2, -0.15) is 0 Å². The van der Waals surface area contributed by atoms with Gasteiger partial charge in [-0.25, -0.2) is 0 Å². The molecule has 0 bridgehead atoms. The Balaban J connectivity index is 3.50. The summed E-state index contributed by atoms with van der Waals surface area (Å²) in [4.78, 5) is 10.1. The molecule has 0 aliphatic heterocycles. The summed E-state index contributed by atoms with van der Waals surface area (Å²) >= 11 is 0. The van der Waals surface area contributed by atoms with E-state index in [0.717, 1.165) is 12.0 Å². The van der Waals surface area contributed by atoms with Crippen LogP contribution in [0.3, 0.4) is 0 Å². The predicted molar refractivity (Wildman–Crippen MR) is 50.0 cm³/mol. The fourth-order valence-corrected chi connectivity index (χ4v) is 0.754. The molecule has 0 radical (unpaired) electrons. The van der Waals surface area contributed by atoms with E-state index in [4.69, 9.17) is 5.11 Å². The molecule has 0 saturated carbocycles. The quantitative estimate of drug-likeness (QED) is 0.615. The minimum atomic E-state index is -0.754. The number of rotatable bonds is 6. The molecule has 0 aromatic rings. The van der Waals surface area contributed by atoms with E-state index in [0.29, 0.717) is 6.42 Å². The van der Waals surface area contributed by atoms with E-state index in [1.54, 1.807) is 12.2 Å². The molecule has 0 saturated heterocycles. The Morgan fingerprint density at radius 2 is 2.08 bits per heavy atom. The smallest absolute Gasteiger partial charge is 0.303 e. The second kappa shape index (κ2) is 6.40. The van der Waals surface area contributed by atoms with Crippen molar-refractivity contribution in [1.82, 2.24) is 0 Å². The van der Waals surface area contributed by atoms with Crippen molar-refractivity contribution in [2.75, 3.05) is 0 Å². The first-order valence-corrected chi connectivity index (χ1v) is 3.85. The van der Waals surface area contributed by atoms with Crippen molar-refractivity contribution in [2.45, 2.75) is 19.3 Å². The molecule has 0 aliphatic carbocycles. The van der Waals surface area contributed by atoms with E-state index < -0.39 is 5.97 Å². The molecule has 0 aromatic heterocycles. The Morgan fingerprint density at radius 3 is 2.58 bits per heavy atom. The molecule has 0 aromatic carbocycles. The summed E-state index contributed by atoms with van der Waals surface area (Å²) in [5, 5.41) is 8.34. The van der Waals surface area contributed by atoms with Gasteiger partial charge < -0.3 is 5.11 Å². The van der Waals surface area contributed by atoms with Crippen LogP contribution in [-0.4, -0.2) is 11.1 Å². The van der Waals surface area contributed by atoms with Gasteiger partial charge in [0, 0.05) is 6.42 Å². The molecule has 0 atom stereocenters. The Labute approximate surface area is 72.9 Å². The van der Waals surface area contributed by atoms with Crippen LogP contribution in [0.25, 0.3) is 0 Å². The average molecular weight is 166 g/mol. The Hall–Kier alpha value is -1.31. The zero-order valence-electron chi connectivity index (χ0n) is 7.12. The molecular weight excluding hydrogens is 152 g/mol. The van der Waals surface area contributed by atoms with Gasteiger partial charge >= 0.3 is 5.97 Å². The van der Waals surface area contributed by atoms with E-state index in [2.05, 4.69) is 13.2 Å². The maximum absolute atomic E-state index is 10.1. The highest BCUT2D eigenvalue weighted by Crippen LogP contribution is 2.06. The first kappa shape index (κ1) is 10.7. The van der Waals surface area contributed by atoms with Crippen LogP contribution in [0.2, 0.25) is 0 Å². The lowest BCUT2D eigenvalue weighted by atomic mass is 10.1. The first-order valence-electron chi connectivity index (χ1n) is 3.85. The third kappa shape index (κ3) is 6.81. The first-order chi connectivity index (χ1) is 5.66. The fourth-order valence-electron chi connectivity index (χ4n) is 0.754. The summed E-state index contributed by atoms with van der Waals surface area (Å²) in [5.74, 6) is -0.754. The second-order valence-corrected chi connectivity index (χ2v) is 2.50. The van der Waals surface area contributed by atoms with Crippen LogP contribution >= 0.6 is 0 Å². The van der Waals surface area contributed by atoms with Gasteiger partial charge in [-0.15, -0.1) is 0 Å². The van der Waals surface area contributed by atoms with Crippen molar-refractivity contribution < 1.29 is 9.90 Å². The number of carboxylic acids is 1. The molecule has 0 aliphatic rings. The summed E-state index contributed by atoms with van der Waals surface area (Å²) in [6.45, 7) is 7.28. The molecular formula is C10H14O2. The van der Waals surface area contributed by atoms with Crippen molar-refractivity contribution in [2.24, 2.45) is 0 Å². The zero-order chi connectivity index (χ0) is 9.40. The summed E-state index contributed by atoms with van der Waals surface area (Å²) in [6.07, 6.45) is 6.90. The lowest BCUT2D eigenvalue weighted by Gasteiger charge is -1.96. The number of aliphatic carboxylic acids is 1. The monoisotopic (exact) mass is 166 g/mol. The predicted octanol–water partition coefficient (Wildman–Crippen LogP) is 2.54. The van der Waals surface area contributed by atoms with E-state index >= 15 is 0 Å². The number of carboxylic acid groups (broad SMARTS) is 1. The molecule has 0 fully saturated rings. The van der Waals surface area contributed by atoms with Crippen molar-refractivity contribution in [3.05, 3.63) is 37.0 Å². The van der Waals surface area contributed by atoms with Crippen LogP contribution in [0.5, 0.6) is 0 Å². The molecule has 0 unspecified atom stereocenters. The lowest BCUT2D eigenvalue weighted by molar-refractivity contribution is -0.137. The van der Waals surface area contributed by atoms with Crippen LogP contribution in [-0.2, 0) is 4.79 Å². The zero-order valence-corrected chi connectivity index (χ0v) is 7.12. The van der Waals surface area contributed by atoms with E-state index in [1.807, 2.05) is 6.08 Å². The van der Waals surface area contributed by atoms with E-state index in [1.165, 1.54) is 0 Å². The summed E-state index contributed by atoms with van der Waals surface area (Å²) < 4.78 is 0. The van der Waals surface area contributed by atoms with Gasteiger partial charge in [-0.05, 0) is 12.8 Å². The number of hydrogen-bond donors (Lipinski definition) is 1. The highest BCUT2D eigenvalue weighted by molar-refractivity contribution is 5.66. The van der Waals surface area contributed by atoms with Gasteiger partial charge in [-0.3, -0.25) is 4.79 Å². The number of carbonyl (C=O) groups is 1. The minimum Gasteiger partial charge on any atom is -0.481 e. The molecule has 12 heavy (non-hydrogen) atoms. The SMILES string of the molecule is C=C/C=C\C(=C)CCCC(=O)O. The fraction of sp³-hybridized carbons (Fsp3) is 0.300. The van der Waals surface area contributed by atoms with E-state index in [9.17, 15) is 4.79 Å². The molecule has 0 spiro atoms. The van der Waals surface area contributed by atoms with Crippen LogP contribution < -0.4 is 0 Å². The van der Waals surface area contributed by atoms with E-state index in [-0.39, 0.29) is 6.42 Å². The maximum atomic E-state index is 10.1. The van der Waals surface area contributed by atoms with Gasteiger partial charge in [0.05, 0.1) is 0 Å². The standard InChI is InChI=1S/C10H14O2/c1-3-4-6-9(2)7-5-8-10(11)12/h3-4,6H,1-2,5,7-8H2,(H,11,12)/b6-4-. The Bertz CT molecular complexity index is 202. The van der Waals surface area contributed by atoms with Crippen molar-refractivity contribution in [1.29, 1.82) is 0 Å². The van der Waals surface area contributed by atoms with Crippen LogP contribution in [0.1, 0.15) is 19.3 Å². The summed E-state index contributed by atoms with van der Waals surface area (Å²) in [6, 6.07) is 0. The second-order valence-electron chi connectivity index (χ2n) is 2.50. The molecule has 0 rings (SSSR count). The maximum Gasteiger partial charge on any atom is 0.303 e. The van der Waals surface area contributed by atoms with Gasteiger partial charge in [0.1, 0.15) is 0 Å². The topological polar surface area (TPSA) is 37.3 Å². The largest absolute Gasteiger partial charge is 0.481 e.